The monoisotopic (exact) mass is 562 g/mol. The maximum absolute atomic E-state index is 11.0. The number of aliphatic carboxylic acids is 2. The fraction of sp³-hybridized carbons (Fsp3) is 0.844. The average Bonchev–Trinajstić information content (AvgIpc) is 2.89. The average molecular weight is 563 g/mol. The first-order valence-electron chi connectivity index (χ1n) is 15.7. The number of ether oxygens (including phenoxy) is 1. The first kappa shape index (κ1) is 42.6. The second-order valence-electron chi connectivity index (χ2n) is 10.4. The maximum Gasteiger partial charge on any atom is 1.00 e. The van der Waals surface area contributed by atoms with E-state index in [0.717, 1.165) is 38.2 Å². The van der Waals surface area contributed by atoms with Crippen molar-refractivity contribution in [2.45, 2.75) is 168 Å². The van der Waals surface area contributed by atoms with Crippen LogP contribution in [0.3, 0.4) is 0 Å². The molecule has 0 bridgehead atoms. The number of esters is 1. The summed E-state index contributed by atoms with van der Waals surface area (Å²) in [4.78, 5) is 31.3. The number of carbonyl (C=O) groups is 3. The Morgan fingerprint density at radius 2 is 0.897 bits per heavy atom. The SMILES string of the molecule is CCCCCCCCCCCCCCCCCC(=O)O.CCCCCCCCCCOC(=O)/C=C/C(=O)[O-].[Na+]. The summed E-state index contributed by atoms with van der Waals surface area (Å²) in [6, 6.07) is 0. The number of rotatable bonds is 27. The van der Waals surface area contributed by atoms with Crippen LogP contribution in [0.25, 0.3) is 0 Å². The summed E-state index contributed by atoms with van der Waals surface area (Å²) in [5.74, 6) is -2.67. The first-order valence-corrected chi connectivity index (χ1v) is 15.7. The van der Waals surface area contributed by atoms with Crippen LogP contribution in [0, 0.1) is 0 Å². The van der Waals surface area contributed by atoms with Gasteiger partial charge in [-0.3, -0.25) is 4.79 Å². The normalized spacial score (nSPS) is 10.5. The molecular formula is C32H59NaO6. The number of hydrogen-bond acceptors (Lipinski definition) is 5. The van der Waals surface area contributed by atoms with Crippen LogP contribution in [0.15, 0.2) is 12.2 Å². The maximum atomic E-state index is 11.0. The third kappa shape index (κ3) is 44.4. The molecule has 0 unspecified atom stereocenters. The molecule has 224 valence electrons. The molecule has 0 atom stereocenters. The predicted molar refractivity (Wildman–Crippen MR) is 155 cm³/mol. The fourth-order valence-electron chi connectivity index (χ4n) is 4.24. The van der Waals surface area contributed by atoms with Crippen LogP contribution in [0.2, 0.25) is 0 Å². The molecular weight excluding hydrogens is 503 g/mol. The Balaban J connectivity index is -0.000000651. The predicted octanol–water partition coefficient (Wildman–Crippen LogP) is 5.31. The number of carboxylic acid groups (broad SMARTS) is 2. The van der Waals surface area contributed by atoms with Crippen molar-refractivity contribution in [3.8, 4) is 0 Å². The Kier molecular flexibility index (Phi) is 40.6. The molecule has 0 saturated carbocycles. The molecule has 0 aromatic carbocycles. The number of carboxylic acids is 2. The van der Waals surface area contributed by atoms with E-state index in [1.54, 1.807) is 0 Å². The third-order valence-electron chi connectivity index (χ3n) is 6.59. The molecule has 0 fully saturated rings. The Bertz CT molecular complexity index is 565. The van der Waals surface area contributed by atoms with Gasteiger partial charge in [0.1, 0.15) is 0 Å². The van der Waals surface area contributed by atoms with E-state index in [2.05, 4.69) is 13.8 Å². The van der Waals surface area contributed by atoms with E-state index in [0.29, 0.717) is 19.1 Å². The Morgan fingerprint density at radius 1 is 0.564 bits per heavy atom. The minimum Gasteiger partial charge on any atom is -0.545 e. The van der Waals surface area contributed by atoms with Gasteiger partial charge < -0.3 is 19.7 Å². The fourth-order valence-corrected chi connectivity index (χ4v) is 4.24. The zero-order chi connectivity index (χ0) is 28.5. The summed E-state index contributed by atoms with van der Waals surface area (Å²) in [6.07, 6.45) is 31.2. The van der Waals surface area contributed by atoms with Crippen molar-refractivity contribution in [1.29, 1.82) is 0 Å². The minimum atomic E-state index is -1.39. The molecule has 0 aromatic rings. The molecule has 6 nitrogen and oxygen atoms in total. The van der Waals surface area contributed by atoms with Gasteiger partial charge in [0, 0.05) is 12.5 Å². The molecule has 1 N–H and O–H groups in total. The van der Waals surface area contributed by atoms with E-state index in [-0.39, 0.29) is 29.6 Å². The van der Waals surface area contributed by atoms with Gasteiger partial charge in [-0.05, 0) is 18.9 Å². The summed E-state index contributed by atoms with van der Waals surface area (Å²) in [5.41, 5.74) is 0. The second kappa shape index (κ2) is 37.1. The molecule has 0 spiro atoms. The molecule has 0 heterocycles. The van der Waals surface area contributed by atoms with E-state index in [4.69, 9.17) is 9.84 Å². The van der Waals surface area contributed by atoms with Crippen LogP contribution < -0.4 is 34.7 Å². The van der Waals surface area contributed by atoms with E-state index < -0.39 is 17.9 Å². The van der Waals surface area contributed by atoms with Gasteiger partial charge >= 0.3 is 41.5 Å². The first-order chi connectivity index (χ1) is 18.4. The van der Waals surface area contributed by atoms with Crippen molar-refractivity contribution in [2.24, 2.45) is 0 Å². The van der Waals surface area contributed by atoms with Crippen molar-refractivity contribution in [3.05, 3.63) is 12.2 Å². The van der Waals surface area contributed by atoms with Gasteiger partial charge in [-0.1, -0.05) is 149 Å². The zero-order valence-corrected chi connectivity index (χ0v) is 27.8. The molecule has 0 saturated heterocycles. The van der Waals surface area contributed by atoms with Gasteiger partial charge in [0.2, 0.25) is 0 Å². The van der Waals surface area contributed by atoms with Crippen LogP contribution in [0.1, 0.15) is 168 Å². The summed E-state index contributed by atoms with van der Waals surface area (Å²) in [6.45, 7) is 4.82. The molecule has 0 radical (unpaired) electrons. The standard InChI is InChI=1S/C18H36O2.C14H24O4.Na/c1-2-3-4-5-6-7-8-9-10-11-12-13-14-15-16-17-18(19)20;1-2-3-4-5-6-7-8-9-12-18-14(17)11-10-13(15)16;/h2-17H2,1H3,(H,19,20);10-11H,2-9,12H2,1H3,(H,15,16);/q;;+1/p-1/b;11-10+;. The third-order valence-corrected chi connectivity index (χ3v) is 6.59. The van der Waals surface area contributed by atoms with Crippen LogP contribution in [-0.4, -0.2) is 29.6 Å². The topological polar surface area (TPSA) is 104 Å². The van der Waals surface area contributed by atoms with Gasteiger partial charge in [-0.2, -0.15) is 0 Å². The molecule has 0 aliphatic carbocycles. The summed E-state index contributed by atoms with van der Waals surface area (Å²) in [7, 11) is 0. The Hall–Kier alpha value is -0.850. The van der Waals surface area contributed by atoms with Crippen LogP contribution in [0.4, 0.5) is 0 Å². The molecule has 0 amide bonds. The van der Waals surface area contributed by atoms with Crippen molar-refractivity contribution in [1.82, 2.24) is 0 Å². The molecule has 0 aromatic heterocycles. The number of hydrogen-bond donors (Lipinski definition) is 1. The van der Waals surface area contributed by atoms with Crippen molar-refractivity contribution in [3.63, 3.8) is 0 Å². The van der Waals surface area contributed by atoms with Gasteiger partial charge in [0.25, 0.3) is 0 Å². The zero-order valence-electron chi connectivity index (χ0n) is 25.8. The van der Waals surface area contributed by atoms with Crippen molar-refractivity contribution in [2.75, 3.05) is 6.61 Å². The largest absolute Gasteiger partial charge is 1.00 e. The van der Waals surface area contributed by atoms with Crippen LogP contribution in [0.5, 0.6) is 0 Å². The molecule has 39 heavy (non-hydrogen) atoms. The summed E-state index contributed by atoms with van der Waals surface area (Å²) >= 11 is 0. The quantitative estimate of drug-likeness (QED) is 0.0630. The van der Waals surface area contributed by atoms with E-state index in [1.807, 2.05) is 0 Å². The molecule has 0 aliphatic rings. The number of unbranched alkanes of at least 4 members (excludes halogenated alkanes) is 21. The minimum absolute atomic E-state index is 0. The summed E-state index contributed by atoms with van der Waals surface area (Å²) < 4.78 is 4.82. The van der Waals surface area contributed by atoms with Gasteiger partial charge in [0.15, 0.2) is 0 Å². The Morgan fingerprint density at radius 3 is 1.23 bits per heavy atom. The van der Waals surface area contributed by atoms with Gasteiger partial charge in [-0.25, -0.2) is 4.79 Å². The van der Waals surface area contributed by atoms with E-state index in [1.165, 1.54) is 116 Å². The second-order valence-corrected chi connectivity index (χ2v) is 10.4. The number of carbonyl (C=O) groups excluding carboxylic acids is 2. The smallest absolute Gasteiger partial charge is 0.545 e. The van der Waals surface area contributed by atoms with Crippen LogP contribution in [-0.2, 0) is 19.1 Å². The molecule has 7 heteroatoms. The summed E-state index contributed by atoms with van der Waals surface area (Å²) in [5, 5.41) is 18.5. The van der Waals surface area contributed by atoms with E-state index >= 15 is 0 Å². The van der Waals surface area contributed by atoms with Gasteiger partial charge in [0.05, 0.1) is 12.6 Å². The van der Waals surface area contributed by atoms with Crippen LogP contribution >= 0.6 is 0 Å². The van der Waals surface area contributed by atoms with Gasteiger partial charge in [-0.15, -0.1) is 0 Å². The molecule has 0 rings (SSSR count). The van der Waals surface area contributed by atoms with E-state index in [9.17, 15) is 19.5 Å². The van der Waals surface area contributed by atoms with Crippen molar-refractivity contribution < 1.29 is 58.9 Å². The molecule has 0 aliphatic heterocycles. The Labute approximate surface area is 262 Å². The van der Waals surface area contributed by atoms with Crippen molar-refractivity contribution >= 4 is 17.9 Å².